The monoisotopic (exact) mass is 467 g/mol. The van der Waals surface area contributed by atoms with E-state index in [2.05, 4.69) is 20.4 Å². The Kier molecular flexibility index (Phi) is 5.96. The molecule has 3 aromatic heterocycles. The number of benzene rings is 2. The number of aromatic amines is 1. The quantitative estimate of drug-likeness (QED) is 0.369. The Morgan fingerprint density at radius 3 is 2.46 bits per heavy atom. The lowest BCUT2D eigenvalue weighted by molar-refractivity contribution is -0.122. The molecule has 0 fully saturated rings. The number of carbonyl (C=O) groups is 1. The minimum absolute atomic E-state index is 0.140. The van der Waals surface area contributed by atoms with Crippen LogP contribution in [0.5, 0.6) is 5.75 Å². The number of amides is 1. The number of H-pyrrole nitrogens is 1. The molecule has 174 valence electrons. The van der Waals surface area contributed by atoms with Crippen LogP contribution < -0.4 is 15.6 Å². The Morgan fingerprint density at radius 2 is 1.74 bits per heavy atom. The van der Waals surface area contributed by atoms with E-state index in [4.69, 9.17) is 9.15 Å². The van der Waals surface area contributed by atoms with Crippen molar-refractivity contribution in [2.45, 2.75) is 13.0 Å². The summed E-state index contributed by atoms with van der Waals surface area (Å²) in [4.78, 5) is 32.7. The number of para-hydroxylation sites is 1. The maximum absolute atomic E-state index is 13.0. The van der Waals surface area contributed by atoms with Crippen LogP contribution >= 0.6 is 0 Å². The molecule has 5 rings (SSSR count). The van der Waals surface area contributed by atoms with E-state index in [1.54, 1.807) is 37.3 Å². The topological polar surface area (TPSA) is 115 Å². The van der Waals surface area contributed by atoms with Crippen LogP contribution in [0.1, 0.15) is 6.92 Å². The molecule has 0 aliphatic carbocycles. The molecular formula is C26H21N5O4. The molecule has 2 N–H and O–H groups in total. The van der Waals surface area contributed by atoms with E-state index < -0.39 is 12.0 Å². The molecule has 0 saturated carbocycles. The molecule has 1 unspecified atom stereocenters. The van der Waals surface area contributed by atoms with E-state index in [9.17, 15) is 9.59 Å². The summed E-state index contributed by atoms with van der Waals surface area (Å²) >= 11 is 0. The third-order valence-corrected chi connectivity index (χ3v) is 5.16. The Balaban J connectivity index is 1.51. The third-order valence-electron chi connectivity index (χ3n) is 5.16. The fourth-order valence-electron chi connectivity index (χ4n) is 3.46. The molecule has 0 aliphatic rings. The van der Waals surface area contributed by atoms with Crippen molar-refractivity contribution in [1.29, 1.82) is 0 Å². The van der Waals surface area contributed by atoms with E-state index in [0.717, 1.165) is 5.56 Å². The zero-order valence-electron chi connectivity index (χ0n) is 18.7. The fraction of sp³-hybridized carbons (Fsp3) is 0.0769. The largest absolute Gasteiger partial charge is 0.481 e. The molecule has 2 aromatic carbocycles. The molecule has 9 heteroatoms. The number of ether oxygens (including phenoxy) is 1. The number of carbonyl (C=O) groups excluding carboxylic acids is 1. The van der Waals surface area contributed by atoms with Gasteiger partial charge in [0.1, 0.15) is 17.3 Å². The van der Waals surface area contributed by atoms with Crippen LogP contribution in [0.2, 0.25) is 0 Å². The van der Waals surface area contributed by atoms with Crippen molar-refractivity contribution in [3.63, 3.8) is 0 Å². The van der Waals surface area contributed by atoms with Crippen molar-refractivity contribution in [3.05, 3.63) is 102 Å². The summed E-state index contributed by atoms with van der Waals surface area (Å²) in [5, 5.41) is 7.35. The summed E-state index contributed by atoms with van der Waals surface area (Å²) in [5.74, 6) is 1.10. The van der Waals surface area contributed by atoms with Gasteiger partial charge in [-0.2, -0.15) is 9.78 Å². The molecule has 35 heavy (non-hydrogen) atoms. The molecule has 1 amide bonds. The number of aromatic nitrogens is 4. The predicted octanol–water partition coefficient (Wildman–Crippen LogP) is 4.29. The zero-order chi connectivity index (χ0) is 24.2. The van der Waals surface area contributed by atoms with Gasteiger partial charge in [0.25, 0.3) is 11.5 Å². The Hall–Kier alpha value is -4.92. The van der Waals surface area contributed by atoms with Crippen LogP contribution in [0, 0.1) is 0 Å². The van der Waals surface area contributed by atoms with Crippen molar-refractivity contribution in [3.8, 4) is 34.4 Å². The van der Waals surface area contributed by atoms with Crippen LogP contribution in [0.4, 0.5) is 5.82 Å². The summed E-state index contributed by atoms with van der Waals surface area (Å²) in [6, 6.07) is 24.9. The number of nitrogens with one attached hydrogen (secondary N) is 2. The van der Waals surface area contributed by atoms with Gasteiger partial charge in [0.2, 0.25) is 5.95 Å². The average Bonchev–Trinajstić information content (AvgIpc) is 3.55. The zero-order valence-corrected chi connectivity index (χ0v) is 18.7. The van der Waals surface area contributed by atoms with Crippen LogP contribution in [0.15, 0.2) is 100 Å². The van der Waals surface area contributed by atoms with Gasteiger partial charge in [-0.05, 0) is 31.2 Å². The number of hydrogen-bond acceptors (Lipinski definition) is 6. The molecule has 0 radical (unpaired) electrons. The van der Waals surface area contributed by atoms with Crippen molar-refractivity contribution in [1.82, 2.24) is 19.7 Å². The van der Waals surface area contributed by atoms with Crippen LogP contribution in [0.3, 0.4) is 0 Å². The number of furan rings is 1. The lowest BCUT2D eigenvalue weighted by atomic mass is 10.1. The number of anilines is 1. The standard InChI is InChI=1S/C26H21N5O4/c1-17(35-19-11-6-3-7-12-19)25(33)28-23-15-21(22-13-8-14-34-22)30-31(23)26-27-20(16-24(32)29-26)18-9-4-2-5-10-18/h2-17H,1H3,(H,28,33)(H,27,29,32). The Bertz CT molecular complexity index is 1490. The first-order valence-electron chi connectivity index (χ1n) is 10.9. The molecule has 0 saturated heterocycles. The van der Waals surface area contributed by atoms with E-state index in [0.29, 0.717) is 28.7 Å². The summed E-state index contributed by atoms with van der Waals surface area (Å²) in [6.07, 6.45) is 0.730. The van der Waals surface area contributed by atoms with Crippen LogP contribution in [0.25, 0.3) is 28.7 Å². The van der Waals surface area contributed by atoms with Crippen LogP contribution in [-0.4, -0.2) is 31.8 Å². The lowest BCUT2D eigenvalue weighted by Crippen LogP contribution is -2.31. The second-order valence-electron chi connectivity index (χ2n) is 7.69. The van der Waals surface area contributed by atoms with Gasteiger partial charge in [-0.1, -0.05) is 48.5 Å². The summed E-state index contributed by atoms with van der Waals surface area (Å²) in [5.41, 5.74) is 1.34. The van der Waals surface area contributed by atoms with Crippen molar-refractivity contribution >= 4 is 11.7 Å². The first-order valence-corrected chi connectivity index (χ1v) is 10.9. The average molecular weight is 467 g/mol. The lowest BCUT2D eigenvalue weighted by Gasteiger charge is -2.15. The highest BCUT2D eigenvalue weighted by Gasteiger charge is 2.21. The van der Waals surface area contributed by atoms with Crippen molar-refractivity contribution < 1.29 is 13.9 Å². The van der Waals surface area contributed by atoms with E-state index in [1.807, 2.05) is 48.5 Å². The van der Waals surface area contributed by atoms with E-state index in [1.165, 1.54) is 17.0 Å². The van der Waals surface area contributed by atoms with Gasteiger partial charge in [0, 0.05) is 17.7 Å². The normalized spacial score (nSPS) is 11.7. The highest BCUT2D eigenvalue weighted by Crippen LogP contribution is 2.25. The van der Waals surface area contributed by atoms with E-state index >= 15 is 0 Å². The predicted molar refractivity (Wildman–Crippen MR) is 130 cm³/mol. The third kappa shape index (κ3) is 4.88. The molecule has 0 spiro atoms. The smallest absolute Gasteiger partial charge is 0.266 e. The van der Waals surface area contributed by atoms with Crippen molar-refractivity contribution in [2.24, 2.45) is 0 Å². The SMILES string of the molecule is CC(Oc1ccccc1)C(=O)Nc1cc(-c2ccco2)nn1-c1nc(-c2ccccc2)cc(=O)[nH]1. The fourth-order valence-corrected chi connectivity index (χ4v) is 3.46. The molecule has 3 heterocycles. The molecular weight excluding hydrogens is 446 g/mol. The minimum atomic E-state index is -0.796. The van der Waals surface area contributed by atoms with Gasteiger partial charge in [0.05, 0.1) is 12.0 Å². The molecule has 1 atom stereocenters. The van der Waals surface area contributed by atoms with E-state index in [-0.39, 0.29) is 11.5 Å². The summed E-state index contributed by atoms with van der Waals surface area (Å²) in [7, 11) is 0. The highest BCUT2D eigenvalue weighted by atomic mass is 16.5. The van der Waals surface area contributed by atoms with Gasteiger partial charge in [0.15, 0.2) is 11.9 Å². The molecule has 0 aliphatic heterocycles. The number of hydrogen-bond donors (Lipinski definition) is 2. The molecule has 5 aromatic rings. The van der Waals surface area contributed by atoms with Gasteiger partial charge >= 0.3 is 0 Å². The Morgan fingerprint density at radius 1 is 1.00 bits per heavy atom. The van der Waals surface area contributed by atoms with Crippen molar-refractivity contribution in [2.75, 3.05) is 5.32 Å². The summed E-state index contributed by atoms with van der Waals surface area (Å²) in [6.45, 7) is 1.65. The number of nitrogens with zero attached hydrogens (tertiary/aromatic N) is 3. The molecule has 0 bridgehead atoms. The Labute approximate surface area is 200 Å². The highest BCUT2D eigenvalue weighted by molar-refractivity contribution is 5.94. The second kappa shape index (κ2) is 9.52. The maximum atomic E-state index is 13.0. The van der Waals surface area contributed by atoms with Crippen LogP contribution in [-0.2, 0) is 4.79 Å². The first-order chi connectivity index (χ1) is 17.1. The summed E-state index contributed by atoms with van der Waals surface area (Å²) < 4.78 is 12.6. The van der Waals surface area contributed by atoms with Gasteiger partial charge in [-0.3, -0.25) is 14.6 Å². The minimum Gasteiger partial charge on any atom is -0.481 e. The first kappa shape index (κ1) is 21.9. The maximum Gasteiger partial charge on any atom is 0.266 e. The van der Waals surface area contributed by atoms with Gasteiger partial charge < -0.3 is 14.5 Å². The van der Waals surface area contributed by atoms with Gasteiger partial charge in [-0.15, -0.1) is 0 Å². The second-order valence-corrected chi connectivity index (χ2v) is 7.69. The molecule has 9 nitrogen and oxygen atoms in total. The number of rotatable bonds is 7. The van der Waals surface area contributed by atoms with Gasteiger partial charge in [-0.25, -0.2) is 4.98 Å².